The summed E-state index contributed by atoms with van der Waals surface area (Å²) in [6.07, 6.45) is 4.95. The van der Waals surface area contributed by atoms with Crippen molar-refractivity contribution in [2.24, 2.45) is 29.1 Å². The lowest BCUT2D eigenvalue weighted by Gasteiger charge is -2.16. The highest BCUT2D eigenvalue weighted by Gasteiger charge is 2.59. The van der Waals surface area contributed by atoms with E-state index in [1.54, 1.807) is 0 Å². The summed E-state index contributed by atoms with van der Waals surface area (Å²) in [7, 11) is 0. The van der Waals surface area contributed by atoms with E-state index in [4.69, 9.17) is 0 Å². The van der Waals surface area contributed by atoms with Crippen LogP contribution in [0.5, 0.6) is 0 Å². The Morgan fingerprint density at radius 3 is 2.14 bits per heavy atom. The van der Waals surface area contributed by atoms with Gasteiger partial charge in [0.15, 0.2) is 0 Å². The first kappa shape index (κ1) is 11.8. The molecular weight excluding hydrogens is 168 g/mol. The summed E-state index contributed by atoms with van der Waals surface area (Å²) in [6.45, 7) is 15.8. The maximum Gasteiger partial charge on any atom is -0.0143 e. The molecule has 0 saturated heterocycles. The quantitative estimate of drug-likeness (QED) is 0.565. The lowest BCUT2D eigenvalue weighted by Crippen LogP contribution is -2.09. The molecule has 1 aliphatic carbocycles. The van der Waals surface area contributed by atoms with Gasteiger partial charge in [-0.05, 0) is 35.5 Å². The highest BCUT2D eigenvalue weighted by Crippen LogP contribution is 2.65. The third kappa shape index (κ3) is 1.89. The van der Waals surface area contributed by atoms with E-state index in [1.165, 1.54) is 12.8 Å². The van der Waals surface area contributed by atoms with Crippen molar-refractivity contribution < 1.29 is 0 Å². The molecule has 0 aromatic rings. The van der Waals surface area contributed by atoms with Gasteiger partial charge in [-0.15, -0.1) is 6.58 Å². The van der Waals surface area contributed by atoms with Gasteiger partial charge in [0.25, 0.3) is 0 Å². The van der Waals surface area contributed by atoms with E-state index in [2.05, 4.69) is 47.3 Å². The van der Waals surface area contributed by atoms with E-state index >= 15 is 0 Å². The highest BCUT2D eigenvalue weighted by molar-refractivity contribution is 5.15. The van der Waals surface area contributed by atoms with Crippen molar-refractivity contribution in [2.45, 2.75) is 47.5 Å². The molecule has 1 fully saturated rings. The predicted molar refractivity (Wildman–Crippen MR) is 64.2 cm³/mol. The van der Waals surface area contributed by atoms with Crippen LogP contribution in [0.3, 0.4) is 0 Å². The molecule has 82 valence electrons. The lowest BCUT2D eigenvalue weighted by molar-refractivity contribution is 0.333. The van der Waals surface area contributed by atoms with Crippen molar-refractivity contribution in [3.63, 3.8) is 0 Å². The molecule has 0 aromatic carbocycles. The first-order valence-corrected chi connectivity index (χ1v) is 6.07. The standard InChI is InChI=1S/C14H26/c1-7-12-13(9-8-10(2)3)14(12,6)11(4)5/h7,10-13H,1,8-9H2,2-6H3. The van der Waals surface area contributed by atoms with Crippen molar-refractivity contribution in [1.29, 1.82) is 0 Å². The highest BCUT2D eigenvalue weighted by atomic mass is 14.6. The van der Waals surface area contributed by atoms with Crippen LogP contribution in [-0.2, 0) is 0 Å². The Hall–Kier alpha value is -0.260. The molecule has 0 spiro atoms. The summed E-state index contributed by atoms with van der Waals surface area (Å²) in [5, 5.41) is 0. The number of rotatable bonds is 5. The van der Waals surface area contributed by atoms with Gasteiger partial charge in [-0.25, -0.2) is 0 Å². The molecule has 0 aromatic heterocycles. The van der Waals surface area contributed by atoms with Crippen molar-refractivity contribution >= 4 is 0 Å². The third-order valence-electron chi connectivity index (χ3n) is 4.39. The van der Waals surface area contributed by atoms with Gasteiger partial charge in [0, 0.05) is 0 Å². The van der Waals surface area contributed by atoms with Crippen molar-refractivity contribution in [3.05, 3.63) is 12.7 Å². The fourth-order valence-corrected chi connectivity index (χ4v) is 2.90. The van der Waals surface area contributed by atoms with E-state index < -0.39 is 0 Å². The van der Waals surface area contributed by atoms with Crippen LogP contribution >= 0.6 is 0 Å². The smallest absolute Gasteiger partial charge is 0.0143 e. The molecule has 0 amide bonds. The molecule has 1 rings (SSSR count). The summed E-state index contributed by atoms with van der Waals surface area (Å²) in [5.74, 6) is 3.32. The van der Waals surface area contributed by atoms with Crippen LogP contribution in [0.25, 0.3) is 0 Å². The Bertz CT molecular complexity index is 202. The SMILES string of the molecule is C=CC1C(CCC(C)C)C1(C)C(C)C. The first-order chi connectivity index (χ1) is 6.44. The molecule has 0 nitrogen and oxygen atoms in total. The summed E-state index contributed by atoms with van der Waals surface area (Å²) in [6, 6.07) is 0. The minimum absolute atomic E-state index is 0.552. The third-order valence-corrected chi connectivity index (χ3v) is 4.39. The van der Waals surface area contributed by atoms with Crippen LogP contribution < -0.4 is 0 Å². The predicted octanol–water partition coefficient (Wildman–Crippen LogP) is 4.52. The van der Waals surface area contributed by atoms with E-state index in [9.17, 15) is 0 Å². The monoisotopic (exact) mass is 194 g/mol. The summed E-state index contributed by atoms with van der Waals surface area (Å²) < 4.78 is 0. The molecule has 1 saturated carbocycles. The van der Waals surface area contributed by atoms with Gasteiger partial charge in [-0.1, -0.05) is 47.1 Å². The molecule has 0 heteroatoms. The molecular formula is C14H26. The fraction of sp³-hybridized carbons (Fsp3) is 0.857. The van der Waals surface area contributed by atoms with Crippen LogP contribution in [0, 0.1) is 29.1 Å². The molecule has 0 bridgehead atoms. The Balaban J connectivity index is 2.51. The van der Waals surface area contributed by atoms with Crippen molar-refractivity contribution in [3.8, 4) is 0 Å². The molecule has 0 aliphatic heterocycles. The fourth-order valence-electron chi connectivity index (χ4n) is 2.90. The van der Waals surface area contributed by atoms with E-state index in [-0.39, 0.29) is 0 Å². The molecule has 0 heterocycles. The largest absolute Gasteiger partial charge is 0.103 e. The van der Waals surface area contributed by atoms with Crippen LogP contribution in [0.4, 0.5) is 0 Å². The second-order valence-corrected chi connectivity index (χ2v) is 5.86. The lowest BCUT2D eigenvalue weighted by atomic mass is 9.89. The molecule has 14 heavy (non-hydrogen) atoms. The van der Waals surface area contributed by atoms with Crippen LogP contribution in [0.2, 0.25) is 0 Å². The first-order valence-electron chi connectivity index (χ1n) is 6.07. The van der Waals surface area contributed by atoms with Gasteiger partial charge in [-0.2, -0.15) is 0 Å². The Morgan fingerprint density at radius 2 is 1.86 bits per heavy atom. The van der Waals surface area contributed by atoms with Gasteiger partial charge < -0.3 is 0 Å². The zero-order valence-corrected chi connectivity index (χ0v) is 10.5. The maximum absolute atomic E-state index is 3.98. The Morgan fingerprint density at radius 1 is 1.29 bits per heavy atom. The van der Waals surface area contributed by atoms with E-state index in [0.717, 1.165) is 23.7 Å². The van der Waals surface area contributed by atoms with Gasteiger partial charge >= 0.3 is 0 Å². The normalized spacial score (nSPS) is 36.5. The number of hydrogen-bond acceptors (Lipinski definition) is 0. The number of allylic oxidation sites excluding steroid dienone is 1. The van der Waals surface area contributed by atoms with Crippen LogP contribution in [0.15, 0.2) is 12.7 Å². The molecule has 1 aliphatic rings. The van der Waals surface area contributed by atoms with Crippen molar-refractivity contribution in [1.82, 2.24) is 0 Å². The zero-order chi connectivity index (χ0) is 10.9. The summed E-state index contributed by atoms with van der Waals surface area (Å²) in [5.41, 5.74) is 0.552. The molecule has 0 N–H and O–H groups in total. The van der Waals surface area contributed by atoms with Gasteiger partial charge in [0.1, 0.15) is 0 Å². The minimum Gasteiger partial charge on any atom is -0.103 e. The van der Waals surface area contributed by atoms with Gasteiger partial charge in [0.2, 0.25) is 0 Å². The summed E-state index contributed by atoms with van der Waals surface area (Å²) >= 11 is 0. The van der Waals surface area contributed by atoms with Crippen LogP contribution in [0.1, 0.15) is 47.5 Å². The van der Waals surface area contributed by atoms with Crippen molar-refractivity contribution in [2.75, 3.05) is 0 Å². The minimum atomic E-state index is 0.552. The van der Waals surface area contributed by atoms with Crippen LogP contribution in [-0.4, -0.2) is 0 Å². The van der Waals surface area contributed by atoms with E-state index in [1.807, 2.05) is 0 Å². The summed E-state index contributed by atoms with van der Waals surface area (Å²) in [4.78, 5) is 0. The number of hydrogen-bond donors (Lipinski definition) is 0. The Labute approximate surface area is 89.8 Å². The Kier molecular flexibility index (Phi) is 3.44. The topological polar surface area (TPSA) is 0 Å². The second kappa shape index (κ2) is 4.08. The maximum atomic E-state index is 3.98. The molecule has 3 atom stereocenters. The van der Waals surface area contributed by atoms with Gasteiger partial charge in [-0.3, -0.25) is 0 Å². The average molecular weight is 194 g/mol. The second-order valence-electron chi connectivity index (χ2n) is 5.86. The molecule has 0 radical (unpaired) electrons. The van der Waals surface area contributed by atoms with Gasteiger partial charge in [0.05, 0.1) is 0 Å². The molecule has 3 unspecified atom stereocenters. The van der Waals surface area contributed by atoms with E-state index in [0.29, 0.717) is 5.41 Å². The zero-order valence-electron chi connectivity index (χ0n) is 10.5. The average Bonchev–Trinajstić information content (AvgIpc) is 2.68.